The van der Waals surface area contributed by atoms with Crippen LogP contribution in [0, 0.1) is 0 Å². The molecule has 0 bridgehead atoms. The van der Waals surface area contributed by atoms with Gasteiger partial charge in [-0.2, -0.15) is 0 Å². The molecule has 3 nitrogen and oxygen atoms in total. The normalized spacial score (nSPS) is 23.3. The Balaban J connectivity index is 1.70. The van der Waals surface area contributed by atoms with Gasteiger partial charge in [0.15, 0.2) is 0 Å². The highest BCUT2D eigenvalue weighted by atomic mass is 16.5. The van der Waals surface area contributed by atoms with Crippen LogP contribution >= 0.6 is 0 Å². The van der Waals surface area contributed by atoms with E-state index in [-0.39, 0.29) is 0 Å². The second kappa shape index (κ2) is 7.51. The van der Waals surface area contributed by atoms with Gasteiger partial charge in [0.05, 0.1) is 13.2 Å². The third-order valence-electron chi connectivity index (χ3n) is 3.83. The average Bonchev–Trinajstić information content (AvgIpc) is 2.48. The predicted molar refractivity (Wildman–Crippen MR) is 77.8 cm³/mol. The van der Waals surface area contributed by atoms with Crippen molar-refractivity contribution in [2.24, 2.45) is 0 Å². The molecule has 1 aromatic rings. The van der Waals surface area contributed by atoms with Gasteiger partial charge in [-0.15, -0.1) is 0 Å². The monoisotopic (exact) mass is 263 g/mol. The summed E-state index contributed by atoms with van der Waals surface area (Å²) in [6.45, 7) is 4.14. The van der Waals surface area contributed by atoms with Gasteiger partial charge >= 0.3 is 0 Å². The predicted octanol–water partition coefficient (Wildman–Crippen LogP) is 2.78. The Labute approximate surface area is 116 Å². The summed E-state index contributed by atoms with van der Waals surface area (Å²) < 4.78 is 10.9. The largest absolute Gasteiger partial charge is 0.497 e. The summed E-state index contributed by atoms with van der Waals surface area (Å²) in [7, 11) is 1.70. The van der Waals surface area contributed by atoms with Crippen molar-refractivity contribution in [2.45, 2.75) is 44.8 Å². The summed E-state index contributed by atoms with van der Waals surface area (Å²) in [4.78, 5) is 0. The molecular formula is C16H25NO2. The number of rotatable bonds is 6. The fraction of sp³-hybridized carbons (Fsp3) is 0.625. The number of hydrogen-bond donors (Lipinski definition) is 1. The minimum atomic E-state index is 0.451. The Kier molecular flexibility index (Phi) is 5.67. The minimum absolute atomic E-state index is 0.451. The first-order valence-corrected chi connectivity index (χ1v) is 7.29. The van der Waals surface area contributed by atoms with Crippen LogP contribution in [-0.4, -0.2) is 32.4 Å². The lowest BCUT2D eigenvalue weighted by molar-refractivity contribution is 0.000116. The highest BCUT2D eigenvalue weighted by Gasteiger charge is 2.20. The molecule has 2 atom stereocenters. The zero-order valence-corrected chi connectivity index (χ0v) is 12.0. The average molecular weight is 263 g/mol. The summed E-state index contributed by atoms with van der Waals surface area (Å²) in [5, 5.41) is 3.65. The van der Waals surface area contributed by atoms with Gasteiger partial charge in [-0.3, -0.25) is 0 Å². The lowest BCUT2D eigenvalue weighted by Gasteiger charge is -2.29. The lowest BCUT2D eigenvalue weighted by atomic mass is 10.0. The van der Waals surface area contributed by atoms with E-state index in [0.717, 1.165) is 44.6 Å². The highest BCUT2D eigenvalue weighted by molar-refractivity contribution is 5.27. The molecule has 0 radical (unpaired) electrons. The molecule has 1 aromatic carbocycles. The number of methoxy groups -OCH3 is 1. The maximum Gasteiger partial charge on any atom is 0.118 e. The molecule has 2 rings (SSSR count). The molecule has 106 valence electrons. The van der Waals surface area contributed by atoms with Crippen molar-refractivity contribution >= 4 is 0 Å². The fourth-order valence-electron chi connectivity index (χ4n) is 2.56. The molecule has 0 amide bonds. The van der Waals surface area contributed by atoms with Gasteiger partial charge in [-0.1, -0.05) is 19.1 Å². The smallest absolute Gasteiger partial charge is 0.118 e. The van der Waals surface area contributed by atoms with Gasteiger partial charge in [0, 0.05) is 12.6 Å². The van der Waals surface area contributed by atoms with Crippen molar-refractivity contribution in [3.63, 3.8) is 0 Å². The molecule has 0 aromatic heterocycles. The minimum Gasteiger partial charge on any atom is -0.497 e. The van der Waals surface area contributed by atoms with E-state index in [1.807, 2.05) is 12.1 Å². The van der Waals surface area contributed by atoms with E-state index in [4.69, 9.17) is 9.47 Å². The first kappa shape index (κ1) is 14.4. The Morgan fingerprint density at radius 2 is 2.11 bits per heavy atom. The van der Waals surface area contributed by atoms with Gasteiger partial charge in [0.1, 0.15) is 5.75 Å². The number of benzene rings is 1. The molecular weight excluding hydrogens is 238 g/mol. The summed E-state index contributed by atoms with van der Waals surface area (Å²) in [5.74, 6) is 0.923. The van der Waals surface area contributed by atoms with Crippen molar-refractivity contribution in [1.29, 1.82) is 0 Å². The standard InChI is InChI=1S/C16H25NO2/c1-3-15-12-14(9-11-19-15)17-10-8-13-4-6-16(18-2)7-5-13/h4-7,14-15,17H,3,8-12H2,1-2H3. The molecule has 1 N–H and O–H groups in total. The van der Waals surface area contributed by atoms with Crippen molar-refractivity contribution < 1.29 is 9.47 Å². The molecule has 0 saturated carbocycles. The van der Waals surface area contributed by atoms with Gasteiger partial charge < -0.3 is 14.8 Å². The third kappa shape index (κ3) is 4.51. The van der Waals surface area contributed by atoms with Crippen LogP contribution in [0.3, 0.4) is 0 Å². The molecule has 1 saturated heterocycles. The zero-order chi connectivity index (χ0) is 13.5. The number of ether oxygens (including phenoxy) is 2. The number of hydrogen-bond acceptors (Lipinski definition) is 3. The maximum absolute atomic E-state index is 5.69. The first-order chi connectivity index (χ1) is 9.31. The summed E-state index contributed by atoms with van der Waals surface area (Å²) in [6, 6.07) is 8.95. The van der Waals surface area contributed by atoms with E-state index in [9.17, 15) is 0 Å². The summed E-state index contributed by atoms with van der Waals surface area (Å²) >= 11 is 0. The molecule has 1 heterocycles. The summed E-state index contributed by atoms with van der Waals surface area (Å²) in [5.41, 5.74) is 1.35. The van der Waals surface area contributed by atoms with Gasteiger partial charge in [-0.25, -0.2) is 0 Å². The maximum atomic E-state index is 5.69. The van der Waals surface area contributed by atoms with Gasteiger partial charge in [-0.05, 0) is 49.9 Å². The number of nitrogens with one attached hydrogen (secondary N) is 1. The molecule has 0 aliphatic carbocycles. The Morgan fingerprint density at radius 1 is 1.32 bits per heavy atom. The SMILES string of the molecule is CCC1CC(NCCc2ccc(OC)cc2)CCO1. The van der Waals surface area contributed by atoms with E-state index < -0.39 is 0 Å². The molecule has 2 unspecified atom stereocenters. The van der Waals surface area contributed by atoms with Crippen molar-refractivity contribution in [3.8, 4) is 5.75 Å². The molecule has 19 heavy (non-hydrogen) atoms. The van der Waals surface area contributed by atoms with Crippen LogP contribution in [0.4, 0.5) is 0 Å². The van der Waals surface area contributed by atoms with E-state index >= 15 is 0 Å². The molecule has 3 heteroatoms. The van der Waals surface area contributed by atoms with E-state index in [1.54, 1.807) is 7.11 Å². The van der Waals surface area contributed by atoms with E-state index in [2.05, 4.69) is 24.4 Å². The van der Waals surface area contributed by atoms with Crippen LogP contribution in [0.5, 0.6) is 5.75 Å². The van der Waals surface area contributed by atoms with Crippen LogP contribution in [0.25, 0.3) is 0 Å². The molecule has 0 spiro atoms. The van der Waals surface area contributed by atoms with Crippen molar-refractivity contribution in [1.82, 2.24) is 5.32 Å². The fourth-order valence-corrected chi connectivity index (χ4v) is 2.56. The second-order valence-electron chi connectivity index (χ2n) is 5.17. The topological polar surface area (TPSA) is 30.5 Å². The van der Waals surface area contributed by atoms with Crippen LogP contribution < -0.4 is 10.1 Å². The molecule has 1 fully saturated rings. The lowest BCUT2D eigenvalue weighted by Crippen LogP contribution is -2.39. The van der Waals surface area contributed by atoms with Crippen molar-refractivity contribution in [3.05, 3.63) is 29.8 Å². The Morgan fingerprint density at radius 3 is 2.79 bits per heavy atom. The Bertz CT molecular complexity index is 364. The third-order valence-corrected chi connectivity index (χ3v) is 3.83. The van der Waals surface area contributed by atoms with Crippen LogP contribution in [0.2, 0.25) is 0 Å². The van der Waals surface area contributed by atoms with E-state index in [1.165, 1.54) is 5.56 Å². The van der Waals surface area contributed by atoms with E-state index in [0.29, 0.717) is 12.1 Å². The zero-order valence-electron chi connectivity index (χ0n) is 12.0. The Hall–Kier alpha value is -1.06. The quantitative estimate of drug-likeness (QED) is 0.856. The van der Waals surface area contributed by atoms with Crippen molar-refractivity contribution in [2.75, 3.05) is 20.3 Å². The summed E-state index contributed by atoms with van der Waals surface area (Å²) in [6.07, 6.45) is 4.93. The van der Waals surface area contributed by atoms with Crippen LogP contribution in [-0.2, 0) is 11.2 Å². The second-order valence-corrected chi connectivity index (χ2v) is 5.17. The molecule has 1 aliphatic rings. The van der Waals surface area contributed by atoms with Gasteiger partial charge in [0.25, 0.3) is 0 Å². The highest BCUT2D eigenvalue weighted by Crippen LogP contribution is 2.16. The van der Waals surface area contributed by atoms with Crippen LogP contribution in [0.1, 0.15) is 31.7 Å². The van der Waals surface area contributed by atoms with Crippen LogP contribution in [0.15, 0.2) is 24.3 Å². The molecule has 1 aliphatic heterocycles. The first-order valence-electron chi connectivity index (χ1n) is 7.29. The van der Waals surface area contributed by atoms with Gasteiger partial charge in [0.2, 0.25) is 0 Å².